The molecule has 0 spiro atoms. The summed E-state index contributed by atoms with van der Waals surface area (Å²) in [5.41, 5.74) is 3.58. The predicted molar refractivity (Wildman–Crippen MR) is 118 cm³/mol. The largest absolute Gasteiger partial charge is 0.491 e. The second kappa shape index (κ2) is 7.43. The van der Waals surface area contributed by atoms with Crippen molar-refractivity contribution in [2.75, 3.05) is 6.61 Å². The number of aromatic nitrogens is 1. The molecule has 1 aromatic heterocycles. The molecule has 6 heteroatoms. The van der Waals surface area contributed by atoms with E-state index in [-0.39, 0.29) is 0 Å². The van der Waals surface area contributed by atoms with Gasteiger partial charge in [-0.05, 0) is 43.0 Å². The lowest BCUT2D eigenvalue weighted by Crippen LogP contribution is -2.32. The number of aryl methyl sites for hydroxylation is 1. The van der Waals surface area contributed by atoms with E-state index in [9.17, 15) is 8.42 Å². The standard InChI is InChI=1S/C24H28N2O3S/c1-3-4-12-29-22-15-18(30(27,28)17-8-6-5-7-9-17)14-19-23-20-11-10-16(25-20)13-21(23)26(2)24(19)22/h5-9,14-16,20,25H,3-4,10-13H2,1-2H3. The molecular formula is C24H28N2O3S. The third-order valence-electron chi connectivity index (χ3n) is 6.54. The lowest BCUT2D eigenvalue weighted by molar-refractivity contribution is 0.311. The van der Waals surface area contributed by atoms with E-state index in [0.29, 0.717) is 34.2 Å². The molecule has 2 aliphatic rings. The number of unbranched alkanes of at least 4 members (excludes halogenated alkanes) is 1. The smallest absolute Gasteiger partial charge is 0.206 e. The normalized spacial score (nSPS) is 20.5. The molecule has 2 atom stereocenters. The van der Waals surface area contributed by atoms with E-state index in [2.05, 4.69) is 23.9 Å². The van der Waals surface area contributed by atoms with Gasteiger partial charge in [-0.2, -0.15) is 0 Å². The van der Waals surface area contributed by atoms with Crippen LogP contribution in [0.2, 0.25) is 0 Å². The Morgan fingerprint density at radius 2 is 1.93 bits per heavy atom. The minimum Gasteiger partial charge on any atom is -0.491 e. The van der Waals surface area contributed by atoms with Gasteiger partial charge in [0, 0.05) is 42.7 Å². The summed E-state index contributed by atoms with van der Waals surface area (Å²) in [6.45, 7) is 2.71. The van der Waals surface area contributed by atoms with Gasteiger partial charge < -0.3 is 14.6 Å². The summed E-state index contributed by atoms with van der Waals surface area (Å²) in [6, 6.07) is 13.1. The number of sulfone groups is 1. The highest BCUT2D eigenvalue weighted by Gasteiger charge is 2.37. The highest BCUT2D eigenvalue weighted by molar-refractivity contribution is 7.91. The van der Waals surface area contributed by atoms with E-state index in [0.717, 1.165) is 36.6 Å². The molecular weight excluding hydrogens is 396 g/mol. The average Bonchev–Trinajstić information content (AvgIpc) is 3.27. The van der Waals surface area contributed by atoms with Crippen molar-refractivity contribution in [1.82, 2.24) is 9.88 Å². The van der Waals surface area contributed by atoms with Crippen LogP contribution in [0.5, 0.6) is 5.75 Å². The maximum Gasteiger partial charge on any atom is 0.206 e. The monoisotopic (exact) mass is 424 g/mol. The first kappa shape index (κ1) is 19.6. The van der Waals surface area contributed by atoms with Gasteiger partial charge in [-0.3, -0.25) is 0 Å². The number of fused-ring (bicyclic) bond motifs is 6. The van der Waals surface area contributed by atoms with Crippen LogP contribution in [0.15, 0.2) is 52.3 Å². The third-order valence-corrected chi connectivity index (χ3v) is 8.29. The van der Waals surface area contributed by atoms with Gasteiger partial charge in [0.1, 0.15) is 5.75 Å². The van der Waals surface area contributed by atoms with E-state index >= 15 is 0 Å². The maximum atomic E-state index is 13.4. The summed E-state index contributed by atoms with van der Waals surface area (Å²) in [7, 11) is -1.54. The van der Waals surface area contributed by atoms with Crippen LogP contribution in [0.3, 0.4) is 0 Å². The Hall–Kier alpha value is -2.31. The second-order valence-electron chi connectivity index (χ2n) is 8.45. The number of rotatable bonds is 6. The van der Waals surface area contributed by atoms with Crippen LogP contribution < -0.4 is 10.1 Å². The van der Waals surface area contributed by atoms with E-state index in [4.69, 9.17) is 4.74 Å². The molecule has 2 bridgehead atoms. The van der Waals surface area contributed by atoms with Crippen molar-refractivity contribution in [2.24, 2.45) is 7.05 Å². The number of hydrogen-bond acceptors (Lipinski definition) is 4. The SMILES string of the molecule is CCCCOc1cc(S(=O)(=O)c2ccccc2)cc2c3c(n(C)c12)CC1CCC3N1. The average molecular weight is 425 g/mol. The summed E-state index contributed by atoms with van der Waals surface area (Å²) in [5, 5.41) is 4.72. The van der Waals surface area contributed by atoms with Gasteiger partial charge >= 0.3 is 0 Å². The van der Waals surface area contributed by atoms with Gasteiger partial charge in [-0.25, -0.2) is 8.42 Å². The summed E-state index contributed by atoms with van der Waals surface area (Å²) in [4.78, 5) is 0.619. The minimum atomic E-state index is -3.62. The van der Waals surface area contributed by atoms with E-state index in [1.807, 2.05) is 12.1 Å². The first-order valence-electron chi connectivity index (χ1n) is 10.8. The zero-order valence-electron chi connectivity index (χ0n) is 17.5. The van der Waals surface area contributed by atoms with Crippen LogP contribution in [-0.4, -0.2) is 25.6 Å². The van der Waals surface area contributed by atoms with Crippen LogP contribution in [0.25, 0.3) is 10.9 Å². The zero-order valence-corrected chi connectivity index (χ0v) is 18.3. The molecule has 2 aliphatic heterocycles. The molecule has 0 amide bonds. The molecule has 3 heterocycles. The van der Waals surface area contributed by atoms with Crippen LogP contribution in [0.4, 0.5) is 0 Å². The minimum absolute atomic E-state index is 0.292. The van der Waals surface area contributed by atoms with Gasteiger partial charge in [0.2, 0.25) is 9.84 Å². The Morgan fingerprint density at radius 1 is 1.13 bits per heavy atom. The highest BCUT2D eigenvalue weighted by atomic mass is 32.2. The molecule has 5 rings (SSSR count). The van der Waals surface area contributed by atoms with Crippen LogP contribution in [0.1, 0.15) is 49.9 Å². The number of benzene rings is 2. The summed E-state index contributed by atoms with van der Waals surface area (Å²) in [6.07, 6.45) is 5.21. The quantitative estimate of drug-likeness (QED) is 0.590. The van der Waals surface area contributed by atoms with E-state index in [1.165, 1.54) is 17.7 Å². The lowest BCUT2D eigenvalue weighted by atomic mass is 9.99. The van der Waals surface area contributed by atoms with Gasteiger partial charge in [0.25, 0.3) is 0 Å². The molecule has 3 aromatic rings. The van der Waals surface area contributed by atoms with E-state index in [1.54, 1.807) is 30.3 Å². The molecule has 1 fully saturated rings. The molecule has 0 saturated carbocycles. The zero-order chi connectivity index (χ0) is 20.9. The van der Waals surface area contributed by atoms with Crippen molar-refractivity contribution in [2.45, 2.75) is 60.9 Å². The van der Waals surface area contributed by atoms with Gasteiger partial charge in [-0.15, -0.1) is 0 Å². The summed E-state index contributed by atoms with van der Waals surface area (Å²) in [5.74, 6) is 0.670. The first-order valence-corrected chi connectivity index (χ1v) is 12.3. The Balaban J connectivity index is 1.73. The molecule has 2 aromatic carbocycles. The highest BCUT2D eigenvalue weighted by Crippen LogP contribution is 2.45. The molecule has 5 nitrogen and oxygen atoms in total. The van der Waals surface area contributed by atoms with Crippen molar-refractivity contribution in [3.8, 4) is 5.75 Å². The number of nitrogens with one attached hydrogen (secondary N) is 1. The summed E-state index contributed by atoms with van der Waals surface area (Å²) < 4.78 is 35.2. The molecule has 2 unspecified atom stereocenters. The maximum absolute atomic E-state index is 13.4. The topological polar surface area (TPSA) is 60.3 Å². The molecule has 30 heavy (non-hydrogen) atoms. The first-order chi connectivity index (χ1) is 14.5. The fraction of sp³-hybridized carbons (Fsp3) is 0.417. The fourth-order valence-corrected chi connectivity index (χ4v) is 6.33. The number of ether oxygens (including phenoxy) is 1. The molecule has 1 N–H and O–H groups in total. The Kier molecular flexibility index (Phi) is 4.86. The van der Waals surface area contributed by atoms with Crippen molar-refractivity contribution in [3.05, 3.63) is 53.7 Å². The number of hydrogen-bond donors (Lipinski definition) is 1. The predicted octanol–water partition coefficient (Wildman–Crippen LogP) is 4.54. The van der Waals surface area contributed by atoms with Gasteiger partial charge in [-0.1, -0.05) is 31.5 Å². The van der Waals surface area contributed by atoms with Crippen LogP contribution in [-0.2, 0) is 23.3 Å². The fourth-order valence-electron chi connectivity index (χ4n) is 5.01. The van der Waals surface area contributed by atoms with Crippen molar-refractivity contribution >= 4 is 20.7 Å². The Labute approximate surface area is 178 Å². The molecule has 0 radical (unpaired) electrons. The Morgan fingerprint density at radius 3 is 2.70 bits per heavy atom. The molecule has 158 valence electrons. The van der Waals surface area contributed by atoms with Gasteiger partial charge in [0.05, 0.1) is 21.9 Å². The van der Waals surface area contributed by atoms with E-state index < -0.39 is 9.84 Å². The third kappa shape index (κ3) is 3.05. The van der Waals surface area contributed by atoms with Crippen molar-refractivity contribution in [1.29, 1.82) is 0 Å². The number of nitrogens with zero attached hydrogens (tertiary/aromatic N) is 1. The van der Waals surface area contributed by atoms with Gasteiger partial charge in [0.15, 0.2) is 0 Å². The van der Waals surface area contributed by atoms with Crippen LogP contribution >= 0.6 is 0 Å². The lowest BCUT2D eigenvalue weighted by Gasteiger charge is -2.23. The van der Waals surface area contributed by atoms with Crippen molar-refractivity contribution < 1.29 is 13.2 Å². The second-order valence-corrected chi connectivity index (χ2v) is 10.4. The summed E-state index contributed by atoms with van der Waals surface area (Å²) >= 11 is 0. The molecule has 0 aliphatic carbocycles. The Bertz CT molecular complexity index is 1200. The van der Waals surface area contributed by atoms with Crippen molar-refractivity contribution in [3.63, 3.8) is 0 Å². The molecule has 1 saturated heterocycles. The van der Waals surface area contributed by atoms with Crippen LogP contribution in [0, 0.1) is 0 Å².